The van der Waals surface area contributed by atoms with E-state index in [4.69, 9.17) is 10.2 Å². The Labute approximate surface area is 42.4 Å². The van der Waals surface area contributed by atoms with Gasteiger partial charge in [0, 0.05) is 0 Å². The zero-order chi connectivity index (χ0) is 5.70. The molecule has 0 radical (unpaired) electrons. The first-order chi connectivity index (χ1) is 3.27. The molecule has 1 unspecified atom stereocenters. The fourth-order valence-electron chi connectivity index (χ4n) is 0.146. The van der Waals surface area contributed by atoms with E-state index in [0.717, 1.165) is 0 Å². The van der Waals surface area contributed by atoms with E-state index in [2.05, 4.69) is 0 Å². The molecule has 0 saturated carbocycles. The van der Waals surface area contributed by atoms with Crippen LogP contribution in [0.2, 0.25) is 0 Å². The van der Waals surface area contributed by atoms with Crippen molar-refractivity contribution < 1.29 is 9.46 Å². The van der Waals surface area contributed by atoms with E-state index in [0.29, 0.717) is 0 Å². The van der Waals surface area contributed by atoms with E-state index in [9.17, 15) is 4.57 Å². The molecular weight excluding hydrogens is 113 g/mol. The van der Waals surface area contributed by atoms with Crippen molar-refractivity contribution in [2.75, 3.05) is 6.16 Å². The van der Waals surface area contributed by atoms with Gasteiger partial charge in [0.1, 0.15) is 0 Å². The van der Waals surface area contributed by atoms with Crippen molar-refractivity contribution in [3.63, 3.8) is 0 Å². The maximum Gasteiger partial charge on any atom is 0.506 e. The van der Waals surface area contributed by atoms with Crippen molar-refractivity contribution in [1.82, 2.24) is 0 Å². The number of rotatable bonds is 2. The van der Waals surface area contributed by atoms with Crippen LogP contribution in [-0.4, -0.2) is 11.1 Å². The van der Waals surface area contributed by atoms with E-state index in [-0.39, 0.29) is 12.6 Å². The van der Waals surface area contributed by atoms with Gasteiger partial charge in [-0.15, -0.1) is 0 Å². The summed E-state index contributed by atoms with van der Waals surface area (Å²) < 4.78 is 9.76. The molecule has 0 rings (SSSR count). The summed E-state index contributed by atoms with van der Waals surface area (Å²) in [6.07, 6.45) is 0.275. The predicted molar refractivity (Wildman–Crippen MR) is 24.9 cm³/mol. The zero-order valence-electron chi connectivity index (χ0n) is 3.66. The molecule has 0 aliphatic carbocycles. The lowest BCUT2D eigenvalue weighted by molar-refractivity contribution is 0.503. The summed E-state index contributed by atoms with van der Waals surface area (Å²) in [6, 6.07) is 1.76. The minimum atomic E-state index is -2.08. The highest BCUT2D eigenvalue weighted by Gasteiger charge is 2.06. The standard InChI is InChI=1S/C3H4NO2P/c4-2-1-3-7(5)6/h1,3H2/p+1. The van der Waals surface area contributed by atoms with Crippen LogP contribution >= 0.6 is 8.03 Å². The Morgan fingerprint density at radius 1 is 1.86 bits per heavy atom. The van der Waals surface area contributed by atoms with E-state index >= 15 is 0 Å². The number of nitrogens with zero attached hydrogens (tertiary/aromatic N) is 1. The second kappa shape index (κ2) is 3.73. The molecule has 0 aliphatic heterocycles. The Kier molecular flexibility index (Phi) is 3.49. The molecular formula is C3H5NO2P+. The van der Waals surface area contributed by atoms with Crippen LogP contribution in [0.4, 0.5) is 0 Å². The van der Waals surface area contributed by atoms with Crippen LogP contribution in [0, 0.1) is 11.3 Å². The highest BCUT2D eigenvalue weighted by molar-refractivity contribution is 7.37. The first-order valence-corrected chi connectivity index (χ1v) is 3.17. The molecule has 3 nitrogen and oxygen atoms in total. The Morgan fingerprint density at radius 3 is 2.57 bits per heavy atom. The molecule has 0 heterocycles. The molecule has 0 fully saturated rings. The summed E-state index contributed by atoms with van der Waals surface area (Å²) in [5.74, 6) is 0. The molecule has 4 heteroatoms. The number of hydrogen-bond donors (Lipinski definition) is 1. The van der Waals surface area contributed by atoms with Crippen LogP contribution in [0.1, 0.15) is 6.42 Å². The van der Waals surface area contributed by atoms with Crippen molar-refractivity contribution in [2.24, 2.45) is 0 Å². The molecule has 0 saturated heterocycles. The van der Waals surface area contributed by atoms with Gasteiger partial charge in [-0.2, -0.15) is 10.2 Å². The molecule has 38 valence electrons. The third-order valence-corrected chi connectivity index (χ3v) is 1.02. The van der Waals surface area contributed by atoms with Crippen molar-refractivity contribution in [3.8, 4) is 6.07 Å². The molecule has 0 aromatic heterocycles. The topological polar surface area (TPSA) is 61.1 Å². The van der Waals surface area contributed by atoms with Crippen molar-refractivity contribution >= 4 is 8.03 Å². The van der Waals surface area contributed by atoms with E-state index in [1.807, 2.05) is 0 Å². The van der Waals surface area contributed by atoms with Crippen LogP contribution in [0.5, 0.6) is 0 Å². The molecule has 0 aliphatic rings. The monoisotopic (exact) mass is 118 g/mol. The Balaban J connectivity index is 3.02. The number of nitriles is 1. The van der Waals surface area contributed by atoms with E-state index in [1.165, 1.54) is 0 Å². The first kappa shape index (κ1) is 6.55. The largest absolute Gasteiger partial charge is 0.506 e. The Hall–Kier alpha value is -0.450. The van der Waals surface area contributed by atoms with Crippen molar-refractivity contribution in [3.05, 3.63) is 0 Å². The lowest BCUT2D eigenvalue weighted by Crippen LogP contribution is -1.70. The van der Waals surface area contributed by atoms with Crippen molar-refractivity contribution in [2.45, 2.75) is 6.42 Å². The molecule has 7 heavy (non-hydrogen) atoms. The highest BCUT2D eigenvalue weighted by Crippen LogP contribution is 2.12. The van der Waals surface area contributed by atoms with Crippen molar-refractivity contribution in [1.29, 1.82) is 5.26 Å². The molecule has 0 bridgehead atoms. The third kappa shape index (κ3) is 5.55. The van der Waals surface area contributed by atoms with Gasteiger partial charge < -0.3 is 0 Å². The number of hydrogen-bond acceptors (Lipinski definition) is 2. The normalized spacial score (nSPS) is 10.0. The molecule has 0 amide bonds. The van der Waals surface area contributed by atoms with Crippen LogP contribution in [-0.2, 0) is 4.57 Å². The summed E-state index contributed by atoms with van der Waals surface area (Å²) >= 11 is 0. The Bertz CT molecular complexity index is 106. The minimum absolute atomic E-state index is 0.103. The quantitative estimate of drug-likeness (QED) is 0.541. The van der Waals surface area contributed by atoms with Gasteiger partial charge in [0.2, 0.25) is 0 Å². The van der Waals surface area contributed by atoms with Crippen LogP contribution < -0.4 is 0 Å². The molecule has 0 aromatic carbocycles. The van der Waals surface area contributed by atoms with Gasteiger partial charge in [-0.05, 0) is 4.57 Å². The molecule has 0 aromatic rings. The zero-order valence-corrected chi connectivity index (χ0v) is 4.56. The highest BCUT2D eigenvalue weighted by atomic mass is 31.1. The average molecular weight is 118 g/mol. The lowest BCUT2D eigenvalue weighted by atomic mass is 10.6. The maximum absolute atomic E-state index is 9.76. The summed E-state index contributed by atoms with van der Waals surface area (Å²) in [5, 5.41) is 7.83. The van der Waals surface area contributed by atoms with Crippen LogP contribution in [0.25, 0.3) is 0 Å². The SMILES string of the molecule is N#CCC[P+](=O)O. The van der Waals surface area contributed by atoms with Gasteiger partial charge in [-0.25, -0.2) is 0 Å². The van der Waals surface area contributed by atoms with Gasteiger partial charge in [0.15, 0.2) is 6.16 Å². The maximum atomic E-state index is 9.76. The smallest absolute Gasteiger partial charge is 0.198 e. The second-order valence-corrected chi connectivity index (χ2v) is 2.14. The molecule has 0 spiro atoms. The summed E-state index contributed by atoms with van der Waals surface area (Å²) in [7, 11) is -2.08. The fraction of sp³-hybridized carbons (Fsp3) is 0.667. The average Bonchev–Trinajstić information content (AvgIpc) is 1.61. The van der Waals surface area contributed by atoms with Gasteiger partial charge in [0.25, 0.3) is 0 Å². The molecule has 1 N–H and O–H groups in total. The third-order valence-electron chi connectivity index (χ3n) is 0.415. The lowest BCUT2D eigenvalue weighted by Gasteiger charge is -1.64. The van der Waals surface area contributed by atoms with Gasteiger partial charge in [0.05, 0.1) is 12.5 Å². The molecule has 1 atom stereocenters. The Morgan fingerprint density at radius 2 is 2.43 bits per heavy atom. The van der Waals surface area contributed by atoms with Crippen LogP contribution in [0.15, 0.2) is 0 Å². The van der Waals surface area contributed by atoms with Crippen LogP contribution in [0.3, 0.4) is 0 Å². The van der Waals surface area contributed by atoms with E-state index < -0.39 is 8.03 Å². The summed E-state index contributed by atoms with van der Waals surface area (Å²) in [6.45, 7) is 0. The predicted octanol–water partition coefficient (Wildman–Crippen LogP) is 0.635. The van der Waals surface area contributed by atoms with Gasteiger partial charge >= 0.3 is 8.03 Å². The second-order valence-electron chi connectivity index (χ2n) is 0.984. The summed E-state index contributed by atoms with van der Waals surface area (Å²) in [4.78, 5) is 8.04. The first-order valence-electron chi connectivity index (χ1n) is 1.78. The van der Waals surface area contributed by atoms with E-state index in [1.54, 1.807) is 6.07 Å². The summed E-state index contributed by atoms with van der Waals surface area (Å²) in [5.41, 5.74) is 0. The minimum Gasteiger partial charge on any atom is -0.198 e. The fourth-order valence-corrected chi connectivity index (χ4v) is 0.437. The van der Waals surface area contributed by atoms with Gasteiger partial charge in [-0.3, -0.25) is 0 Å². The van der Waals surface area contributed by atoms with Gasteiger partial charge in [-0.1, -0.05) is 0 Å².